The first-order chi connectivity index (χ1) is 10.0. The first-order valence-corrected chi connectivity index (χ1v) is 7.35. The minimum atomic E-state index is -0.503. The molecule has 0 bridgehead atoms. The number of hydrogen-bond acceptors (Lipinski definition) is 6. The molecule has 1 aromatic heterocycles. The topological polar surface area (TPSA) is 90.2 Å². The molecule has 0 saturated carbocycles. The van der Waals surface area contributed by atoms with Gasteiger partial charge >= 0.3 is 5.69 Å². The first kappa shape index (κ1) is 17.1. The van der Waals surface area contributed by atoms with Gasteiger partial charge in [-0.3, -0.25) is 10.1 Å². The van der Waals surface area contributed by atoms with Crippen molar-refractivity contribution in [1.29, 1.82) is 0 Å². The Bertz CT molecular complexity index is 478. The van der Waals surface area contributed by atoms with Crippen LogP contribution < -0.4 is 10.1 Å². The van der Waals surface area contributed by atoms with Crippen molar-refractivity contribution in [3.63, 3.8) is 0 Å². The highest BCUT2D eigenvalue weighted by Gasteiger charge is 2.26. The van der Waals surface area contributed by atoms with Crippen molar-refractivity contribution in [1.82, 2.24) is 9.97 Å². The predicted octanol–water partition coefficient (Wildman–Crippen LogP) is 3.51. The molecule has 1 N–H and O–H groups in total. The van der Waals surface area contributed by atoms with Gasteiger partial charge < -0.3 is 10.1 Å². The van der Waals surface area contributed by atoms with Crippen LogP contribution in [0, 0.1) is 10.1 Å². The molecule has 0 fully saturated rings. The average molecular weight is 296 g/mol. The maximum atomic E-state index is 11.2. The van der Waals surface area contributed by atoms with Crippen molar-refractivity contribution in [3.8, 4) is 5.88 Å². The Morgan fingerprint density at radius 1 is 1.29 bits per heavy atom. The summed E-state index contributed by atoms with van der Waals surface area (Å²) in [4.78, 5) is 19.1. The molecule has 7 nitrogen and oxygen atoms in total. The summed E-state index contributed by atoms with van der Waals surface area (Å²) < 4.78 is 5.05. The van der Waals surface area contributed by atoms with Gasteiger partial charge in [-0.25, -0.2) is 4.98 Å². The molecule has 0 aliphatic carbocycles. The third kappa shape index (κ3) is 4.84. The largest absolute Gasteiger partial charge is 0.476 e. The van der Waals surface area contributed by atoms with Crippen molar-refractivity contribution in [2.24, 2.45) is 0 Å². The summed E-state index contributed by atoms with van der Waals surface area (Å²) in [5.41, 5.74) is -0.197. The summed E-state index contributed by atoms with van der Waals surface area (Å²) in [5.74, 6) is 0.857. The Balaban J connectivity index is 2.97. The third-order valence-corrected chi connectivity index (χ3v) is 3.08. The van der Waals surface area contributed by atoms with E-state index in [0.29, 0.717) is 12.4 Å². The fourth-order valence-corrected chi connectivity index (χ4v) is 1.90. The standard InChI is InChI=1S/C14H24N4O3/c1-5-6-7-8-9-15-13-11(18(19)20)14(21-4)17-12(16-13)10(2)3/h10H,5-9H2,1-4H3,(H,15,16,17). The van der Waals surface area contributed by atoms with Crippen LogP contribution in [0.4, 0.5) is 11.5 Å². The Morgan fingerprint density at radius 3 is 2.52 bits per heavy atom. The van der Waals surface area contributed by atoms with Crippen molar-refractivity contribution in [3.05, 3.63) is 15.9 Å². The molecule has 1 rings (SSSR count). The zero-order valence-electron chi connectivity index (χ0n) is 13.2. The molecule has 0 aliphatic heterocycles. The van der Waals surface area contributed by atoms with Crippen LogP contribution in [0.3, 0.4) is 0 Å². The van der Waals surface area contributed by atoms with Gasteiger partial charge in [0.15, 0.2) is 0 Å². The Morgan fingerprint density at radius 2 is 2.00 bits per heavy atom. The van der Waals surface area contributed by atoms with Crippen LogP contribution in [-0.2, 0) is 0 Å². The molecule has 7 heteroatoms. The minimum Gasteiger partial charge on any atom is -0.476 e. The van der Waals surface area contributed by atoms with E-state index in [1.54, 1.807) is 0 Å². The molecule has 1 aromatic rings. The van der Waals surface area contributed by atoms with E-state index in [0.717, 1.165) is 25.7 Å². The van der Waals surface area contributed by atoms with Crippen LogP contribution in [0.5, 0.6) is 5.88 Å². The number of anilines is 1. The number of nitro groups is 1. The molecule has 21 heavy (non-hydrogen) atoms. The highest BCUT2D eigenvalue weighted by atomic mass is 16.6. The number of unbranched alkanes of at least 4 members (excludes halogenated alkanes) is 3. The van der Waals surface area contributed by atoms with Crippen molar-refractivity contribution in [2.75, 3.05) is 19.0 Å². The normalized spacial score (nSPS) is 10.7. The average Bonchev–Trinajstić information content (AvgIpc) is 2.45. The fourth-order valence-electron chi connectivity index (χ4n) is 1.90. The van der Waals surface area contributed by atoms with Gasteiger partial charge in [-0.05, 0) is 6.42 Å². The molecular formula is C14H24N4O3. The maximum Gasteiger partial charge on any atom is 0.372 e. The lowest BCUT2D eigenvalue weighted by atomic mass is 10.2. The van der Waals surface area contributed by atoms with Gasteiger partial charge in [0, 0.05) is 12.5 Å². The SMILES string of the molecule is CCCCCCNc1nc(C(C)C)nc(OC)c1[N+](=O)[O-]. The van der Waals surface area contributed by atoms with Gasteiger partial charge in [0.05, 0.1) is 12.0 Å². The summed E-state index contributed by atoms with van der Waals surface area (Å²) in [6, 6.07) is 0. The summed E-state index contributed by atoms with van der Waals surface area (Å²) in [5, 5.41) is 14.3. The molecule has 1 heterocycles. The number of methoxy groups -OCH3 is 1. The molecule has 0 atom stereocenters. The van der Waals surface area contributed by atoms with Gasteiger partial charge in [-0.2, -0.15) is 4.98 Å². The Labute approximate surface area is 125 Å². The van der Waals surface area contributed by atoms with Gasteiger partial charge in [0.2, 0.25) is 5.82 Å². The quantitative estimate of drug-likeness (QED) is 0.426. The second-order valence-corrected chi connectivity index (χ2v) is 5.19. The molecule has 0 saturated heterocycles. The van der Waals surface area contributed by atoms with E-state index in [9.17, 15) is 10.1 Å². The van der Waals surface area contributed by atoms with Crippen LogP contribution in [-0.4, -0.2) is 28.5 Å². The smallest absolute Gasteiger partial charge is 0.372 e. The third-order valence-electron chi connectivity index (χ3n) is 3.08. The van der Waals surface area contributed by atoms with E-state index in [1.165, 1.54) is 7.11 Å². The first-order valence-electron chi connectivity index (χ1n) is 7.35. The Hall–Kier alpha value is -1.92. The zero-order valence-corrected chi connectivity index (χ0v) is 13.2. The van der Waals surface area contributed by atoms with Gasteiger partial charge in [-0.1, -0.05) is 40.0 Å². The Kier molecular flexibility index (Phi) is 6.84. The van der Waals surface area contributed by atoms with E-state index >= 15 is 0 Å². The maximum absolute atomic E-state index is 11.2. The molecule has 0 amide bonds. The number of ether oxygens (including phenoxy) is 1. The monoisotopic (exact) mass is 296 g/mol. The molecule has 0 radical (unpaired) electrons. The van der Waals surface area contributed by atoms with Crippen LogP contribution in [0.25, 0.3) is 0 Å². The van der Waals surface area contributed by atoms with E-state index in [4.69, 9.17) is 4.74 Å². The summed E-state index contributed by atoms with van der Waals surface area (Å²) >= 11 is 0. The lowest BCUT2D eigenvalue weighted by Crippen LogP contribution is -2.11. The molecule has 0 unspecified atom stereocenters. The van der Waals surface area contributed by atoms with E-state index in [2.05, 4.69) is 22.2 Å². The summed E-state index contributed by atoms with van der Waals surface area (Å²) in [6.45, 7) is 6.66. The van der Waals surface area contributed by atoms with Crippen LogP contribution in [0.15, 0.2) is 0 Å². The van der Waals surface area contributed by atoms with Crippen LogP contribution in [0.2, 0.25) is 0 Å². The number of rotatable bonds is 9. The number of aromatic nitrogens is 2. The molecule has 0 spiro atoms. The van der Waals surface area contributed by atoms with Gasteiger partial charge in [-0.15, -0.1) is 0 Å². The molecular weight excluding hydrogens is 272 g/mol. The highest BCUT2D eigenvalue weighted by molar-refractivity contribution is 5.61. The number of nitrogens with one attached hydrogen (secondary N) is 1. The van der Waals surface area contributed by atoms with Crippen LogP contribution in [0.1, 0.15) is 58.2 Å². The lowest BCUT2D eigenvalue weighted by molar-refractivity contribution is -0.385. The zero-order chi connectivity index (χ0) is 15.8. The molecule has 0 aliphatic rings. The molecule has 0 aromatic carbocycles. The summed E-state index contributed by atoms with van der Waals surface area (Å²) in [6.07, 6.45) is 4.36. The van der Waals surface area contributed by atoms with E-state index in [-0.39, 0.29) is 23.3 Å². The van der Waals surface area contributed by atoms with Crippen molar-refractivity contribution >= 4 is 11.5 Å². The number of nitrogens with zero attached hydrogens (tertiary/aromatic N) is 3. The number of hydrogen-bond donors (Lipinski definition) is 1. The lowest BCUT2D eigenvalue weighted by Gasteiger charge is -2.11. The van der Waals surface area contributed by atoms with E-state index < -0.39 is 4.92 Å². The minimum absolute atomic E-state index is 0.00904. The van der Waals surface area contributed by atoms with Gasteiger partial charge in [0.25, 0.3) is 5.88 Å². The van der Waals surface area contributed by atoms with Crippen molar-refractivity contribution in [2.45, 2.75) is 52.4 Å². The van der Waals surface area contributed by atoms with Gasteiger partial charge in [0.1, 0.15) is 5.82 Å². The van der Waals surface area contributed by atoms with E-state index in [1.807, 2.05) is 13.8 Å². The second-order valence-electron chi connectivity index (χ2n) is 5.19. The summed E-state index contributed by atoms with van der Waals surface area (Å²) in [7, 11) is 1.38. The predicted molar refractivity (Wildman–Crippen MR) is 82.0 cm³/mol. The fraction of sp³-hybridized carbons (Fsp3) is 0.714. The second kappa shape index (κ2) is 8.39. The van der Waals surface area contributed by atoms with Crippen LogP contribution >= 0.6 is 0 Å². The van der Waals surface area contributed by atoms with Crippen molar-refractivity contribution < 1.29 is 9.66 Å². The molecule has 118 valence electrons. The highest BCUT2D eigenvalue weighted by Crippen LogP contribution is 2.33.